The second-order valence-corrected chi connectivity index (χ2v) is 10.4. The van der Waals surface area contributed by atoms with Crippen LogP contribution in [-0.4, -0.2) is 58.3 Å². The number of benzene rings is 1. The van der Waals surface area contributed by atoms with E-state index in [9.17, 15) is 14.0 Å². The van der Waals surface area contributed by atoms with Gasteiger partial charge in [-0.05, 0) is 61.2 Å². The van der Waals surface area contributed by atoms with Gasteiger partial charge in [0, 0.05) is 50.3 Å². The molecular formula is C28H35FN4O3. The summed E-state index contributed by atoms with van der Waals surface area (Å²) in [6, 6.07) is 8.04. The highest BCUT2D eigenvalue weighted by atomic mass is 19.1. The SMILES string of the molecule is CC(C)C1=NO[C@H](C(=O)N2CCc3c(cc(-c4cccc(F)c4)c(=O)n3CCN3CCCCC3)C2)C1. The van der Waals surface area contributed by atoms with Crippen LogP contribution in [0.1, 0.15) is 50.8 Å². The summed E-state index contributed by atoms with van der Waals surface area (Å²) in [7, 11) is 0. The largest absolute Gasteiger partial charge is 0.382 e. The number of carbonyl (C=O) groups is 1. The van der Waals surface area contributed by atoms with Crippen molar-refractivity contribution in [2.45, 2.75) is 65.1 Å². The van der Waals surface area contributed by atoms with Crippen LogP contribution in [0.3, 0.4) is 0 Å². The van der Waals surface area contributed by atoms with E-state index in [1.807, 2.05) is 24.5 Å². The van der Waals surface area contributed by atoms with Gasteiger partial charge in [0.1, 0.15) is 5.82 Å². The number of amides is 1. The maximum atomic E-state index is 14.1. The molecule has 7 nitrogen and oxygen atoms in total. The van der Waals surface area contributed by atoms with E-state index in [4.69, 9.17) is 4.84 Å². The number of pyridine rings is 1. The molecule has 1 fully saturated rings. The third-order valence-corrected chi connectivity index (χ3v) is 7.64. The Morgan fingerprint density at radius 1 is 1.14 bits per heavy atom. The molecule has 36 heavy (non-hydrogen) atoms. The number of hydrogen-bond donors (Lipinski definition) is 0. The number of piperidine rings is 1. The van der Waals surface area contributed by atoms with Crippen LogP contribution in [-0.2, 0) is 29.1 Å². The zero-order valence-electron chi connectivity index (χ0n) is 21.2. The van der Waals surface area contributed by atoms with E-state index < -0.39 is 6.10 Å². The van der Waals surface area contributed by atoms with E-state index in [1.165, 1.54) is 31.4 Å². The van der Waals surface area contributed by atoms with Crippen molar-refractivity contribution in [3.63, 3.8) is 0 Å². The number of aromatic nitrogens is 1. The molecule has 8 heteroatoms. The van der Waals surface area contributed by atoms with Gasteiger partial charge in [0.15, 0.2) is 0 Å². The van der Waals surface area contributed by atoms with Gasteiger partial charge in [-0.1, -0.05) is 37.6 Å². The molecule has 5 rings (SSSR count). The highest BCUT2D eigenvalue weighted by molar-refractivity contribution is 5.93. The van der Waals surface area contributed by atoms with Gasteiger partial charge in [-0.3, -0.25) is 9.59 Å². The molecular weight excluding hydrogens is 459 g/mol. The van der Waals surface area contributed by atoms with E-state index in [1.54, 1.807) is 17.0 Å². The second-order valence-electron chi connectivity index (χ2n) is 10.4. The van der Waals surface area contributed by atoms with Gasteiger partial charge in [-0.15, -0.1) is 0 Å². The van der Waals surface area contributed by atoms with Gasteiger partial charge in [0.25, 0.3) is 11.5 Å². The fraction of sp³-hybridized carbons (Fsp3) is 0.536. The van der Waals surface area contributed by atoms with Crippen LogP contribution >= 0.6 is 0 Å². The maximum absolute atomic E-state index is 14.1. The first-order chi connectivity index (χ1) is 17.4. The lowest BCUT2D eigenvalue weighted by molar-refractivity contribution is -0.143. The van der Waals surface area contributed by atoms with Gasteiger partial charge in [0.05, 0.1) is 5.71 Å². The van der Waals surface area contributed by atoms with E-state index in [0.717, 1.165) is 36.6 Å². The molecule has 0 unspecified atom stereocenters. The van der Waals surface area contributed by atoms with Gasteiger partial charge >= 0.3 is 0 Å². The first-order valence-electron chi connectivity index (χ1n) is 13.2. The summed E-state index contributed by atoms with van der Waals surface area (Å²) in [5.41, 5.74) is 3.77. The second kappa shape index (κ2) is 10.5. The molecule has 1 amide bonds. The number of hydrogen-bond acceptors (Lipinski definition) is 5. The van der Waals surface area contributed by atoms with E-state index in [2.05, 4.69) is 10.1 Å². The molecule has 0 saturated carbocycles. The highest BCUT2D eigenvalue weighted by Crippen LogP contribution is 2.26. The molecule has 4 heterocycles. The molecule has 0 aliphatic carbocycles. The number of oxime groups is 1. The number of fused-ring (bicyclic) bond motifs is 1. The number of nitrogens with zero attached hydrogens (tertiary/aromatic N) is 4. The van der Waals surface area contributed by atoms with Gasteiger partial charge in [-0.25, -0.2) is 4.39 Å². The van der Waals surface area contributed by atoms with Gasteiger partial charge in [0.2, 0.25) is 6.10 Å². The Morgan fingerprint density at radius 3 is 2.67 bits per heavy atom. The monoisotopic (exact) mass is 494 g/mol. The van der Waals surface area contributed by atoms with Gasteiger partial charge < -0.3 is 19.2 Å². The molecule has 3 aliphatic heterocycles. The minimum absolute atomic E-state index is 0.0709. The van der Waals surface area contributed by atoms with Crippen molar-refractivity contribution < 1.29 is 14.0 Å². The fourth-order valence-electron chi connectivity index (χ4n) is 5.50. The molecule has 2 aromatic rings. The minimum atomic E-state index is -0.586. The first kappa shape index (κ1) is 24.7. The van der Waals surface area contributed by atoms with Gasteiger partial charge in [-0.2, -0.15) is 0 Å². The molecule has 1 aromatic heterocycles. The molecule has 0 radical (unpaired) electrons. The predicted octanol–water partition coefficient (Wildman–Crippen LogP) is 3.83. The number of halogens is 1. The lowest BCUT2D eigenvalue weighted by atomic mass is 9.97. The average Bonchev–Trinajstić information content (AvgIpc) is 3.39. The molecule has 3 aliphatic rings. The summed E-state index contributed by atoms with van der Waals surface area (Å²) >= 11 is 0. The summed E-state index contributed by atoms with van der Waals surface area (Å²) in [5, 5.41) is 4.12. The number of likely N-dealkylation sites (tertiary alicyclic amines) is 1. The summed E-state index contributed by atoms with van der Waals surface area (Å²) in [6.45, 7) is 8.55. The van der Waals surface area contributed by atoms with Crippen molar-refractivity contribution in [1.29, 1.82) is 0 Å². The van der Waals surface area contributed by atoms with Crippen LogP contribution in [0.25, 0.3) is 11.1 Å². The van der Waals surface area contributed by atoms with Crippen LogP contribution in [0.2, 0.25) is 0 Å². The Bertz CT molecular complexity index is 1220. The quantitative estimate of drug-likeness (QED) is 0.612. The smallest absolute Gasteiger partial charge is 0.267 e. The van der Waals surface area contributed by atoms with Crippen molar-refractivity contribution >= 4 is 11.6 Å². The van der Waals surface area contributed by atoms with Crippen LogP contribution in [0.4, 0.5) is 4.39 Å². The Hall–Kier alpha value is -3.00. The van der Waals surface area contributed by atoms with Crippen molar-refractivity contribution in [3.8, 4) is 11.1 Å². The maximum Gasteiger partial charge on any atom is 0.267 e. The Morgan fingerprint density at radius 2 is 1.94 bits per heavy atom. The topological polar surface area (TPSA) is 67.1 Å². The highest BCUT2D eigenvalue weighted by Gasteiger charge is 2.35. The molecule has 1 aromatic carbocycles. The lowest BCUT2D eigenvalue weighted by Gasteiger charge is -2.33. The van der Waals surface area contributed by atoms with Crippen molar-refractivity contribution in [3.05, 3.63) is 57.8 Å². The van der Waals surface area contributed by atoms with Crippen LogP contribution < -0.4 is 5.56 Å². The van der Waals surface area contributed by atoms with Crippen LogP contribution in [0.5, 0.6) is 0 Å². The third-order valence-electron chi connectivity index (χ3n) is 7.64. The predicted molar refractivity (Wildman–Crippen MR) is 137 cm³/mol. The Labute approximate surface area is 211 Å². The minimum Gasteiger partial charge on any atom is -0.382 e. The van der Waals surface area contributed by atoms with Crippen LogP contribution in [0.15, 0.2) is 40.3 Å². The normalized spacial score (nSPS) is 20.3. The molecule has 0 bridgehead atoms. The molecule has 0 spiro atoms. The number of rotatable bonds is 6. The summed E-state index contributed by atoms with van der Waals surface area (Å²) in [4.78, 5) is 36.6. The van der Waals surface area contributed by atoms with Crippen molar-refractivity contribution in [2.24, 2.45) is 11.1 Å². The van der Waals surface area contributed by atoms with Crippen molar-refractivity contribution in [1.82, 2.24) is 14.4 Å². The van der Waals surface area contributed by atoms with Crippen molar-refractivity contribution in [2.75, 3.05) is 26.2 Å². The number of carbonyl (C=O) groups excluding carboxylic acids is 1. The first-order valence-corrected chi connectivity index (χ1v) is 13.2. The van der Waals surface area contributed by atoms with E-state index >= 15 is 0 Å². The average molecular weight is 495 g/mol. The van der Waals surface area contributed by atoms with E-state index in [-0.39, 0.29) is 23.2 Å². The van der Waals surface area contributed by atoms with E-state index in [0.29, 0.717) is 43.6 Å². The molecule has 1 atom stereocenters. The summed E-state index contributed by atoms with van der Waals surface area (Å²) < 4.78 is 15.9. The molecule has 192 valence electrons. The Balaban J connectivity index is 1.43. The lowest BCUT2D eigenvalue weighted by Crippen LogP contribution is -2.44. The fourth-order valence-corrected chi connectivity index (χ4v) is 5.50. The summed E-state index contributed by atoms with van der Waals surface area (Å²) in [5.74, 6) is -0.202. The summed E-state index contributed by atoms with van der Waals surface area (Å²) in [6.07, 6.45) is 4.18. The standard InChI is InChI=1S/C28H35FN4O3/c1-19(2)24-17-26(36-30-24)28(35)32-12-9-25-21(18-32)16-23(20-7-6-8-22(29)15-20)27(34)33(25)14-13-31-10-4-3-5-11-31/h6-8,15-16,19,26H,3-5,9-14,17-18H2,1-2H3/t26-/m0/s1. The molecule has 0 N–H and O–H groups in total. The Kier molecular flexibility index (Phi) is 7.23. The zero-order chi connectivity index (χ0) is 25.2. The van der Waals surface area contributed by atoms with Crippen LogP contribution in [0, 0.1) is 11.7 Å². The third kappa shape index (κ3) is 5.09. The zero-order valence-corrected chi connectivity index (χ0v) is 21.2. The molecule has 1 saturated heterocycles.